The molecule has 0 aliphatic carbocycles. The van der Waals surface area contributed by atoms with E-state index in [2.05, 4.69) is 0 Å². The van der Waals surface area contributed by atoms with Crippen molar-refractivity contribution in [2.45, 2.75) is 6.61 Å². The number of hydrogen-bond donors (Lipinski definition) is 0. The van der Waals surface area contributed by atoms with Crippen LogP contribution in [0.4, 0.5) is 0 Å². The van der Waals surface area contributed by atoms with E-state index in [9.17, 15) is 4.79 Å². The highest BCUT2D eigenvalue weighted by Crippen LogP contribution is 2.40. The zero-order valence-electron chi connectivity index (χ0n) is 11.8. The van der Waals surface area contributed by atoms with Gasteiger partial charge in [0.05, 0.1) is 16.8 Å². The number of hydrogen-bond acceptors (Lipinski definition) is 4. The largest absolute Gasteiger partial charge is 0.487 e. The van der Waals surface area contributed by atoms with E-state index >= 15 is 0 Å². The first-order valence-electron chi connectivity index (χ1n) is 6.66. The van der Waals surface area contributed by atoms with Gasteiger partial charge in [0.15, 0.2) is 0 Å². The Morgan fingerprint density at radius 3 is 2.64 bits per heavy atom. The summed E-state index contributed by atoms with van der Waals surface area (Å²) in [5, 5.41) is 1.22. The summed E-state index contributed by atoms with van der Waals surface area (Å²) < 4.78 is 11.5. The number of rotatable bonds is 4. The van der Waals surface area contributed by atoms with E-state index in [-0.39, 0.29) is 0 Å². The number of methoxy groups -OCH3 is 1. The van der Waals surface area contributed by atoms with Crippen molar-refractivity contribution in [2.75, 3.05) is 7.11 Å². The molecule has 3 aromatic rings. The summed E-state index contributed by atoms with van der Waals surface area (Å²) in [7, 11) is 1.34. The van der Waals surface area contributed by atoms with Crippen molar-refractivity contribution in [3.8, 4) is 5.75 Å². The Hall–Kier alpha value is -2.04. The van der Waals surface area contributed by atoms with Gasteiger partial charge in [0.2, 0.25) is 0 Å². The summed E-state index contributed by atoms with van der Waals surface area (Å²) in [4.78, 5) is 12.2. The van der Waals surface area contributed by atoms with Crippen molar-refractivity contribution in [1.82, 2.24) is 0 Å². The molecule has 0 radical (unpaired) electrons. The van der Waals surface area contributed by atoms with E-state index in [1.807, 2.05) is 48.5 Å². The van der Waals surface area contributed by atoms with Gasteiger partial charge >= 0.3 is 5.97 Å². The van der Waals surface area contributed by atoms with E-state index in [4.69, 9.17) is 21.1 Å². The van der Waals surface area contributed by atoms with Gasteiger partial charge in [-0.2, -0.15) is 0 Å². The smallest absolute Gasteiger partial charge is 0.349 e. The molecule has 5 heteroatoms. The van der Waals surface area contributed by atoms with Crippen molar-refractivity contribution < 1.29 is 14.3 Å². The lowest BCUT2D eigenvalue weighted by molar-refractivity contribution is 0.0606. The van der Waals surface area contributed by atoms with Gasteiger partial charge in [-0.05, 0) is 11.6 Å². The maximum Gasteiger partial charge on any atom is 0.349 e. The zero-order valence-corrected chi connectivity index (χ0v) is 13.4. The molecule has 112 valence electrons. The molecule has 22 heavy (non-hydrogen) atoms. The molecule has 0 unspecified atom stereocenters. The Morgan fingerprint density at radius 1 is 1.14 bits per heavy atom. The first-order chi connectivity index (χ1) is 10.7. The first-order valence-corrected chi connectivity index (χ1v) is 7.86. The van der Waals surface area contributed by atoms with Crippen LogP contribution in [0.2, 0.25) is 5.02 Å². The van der Waals surface area contributed by atoms with Crippen molar-refractivity contribution in [3.05, 3.63) is 64.0 Å². The Bertz CT molecular complexity index is 811. The van der Waals surface area contributed by atoms with Gasteiger partial charge in [-0.1, -0.05) is 54.1 Å². The quantitative estimate of drug-likeness (QED) is 0.636. The second-order valence-electron chi connectivity index (χ2n) is 4.64. The number of halogens is 1. The van der Waals surface area contributed by atoms with E-state index in [0.717, 1.165) is 15.6 Å². The molecule has 0 aliphatic rings. The van der Waals surface area contributed by atoms with Gasteiger partial charge in [-0.3, -0.25) is 0 Å². The molecule has 0 bridgehead atoms. The Kier molecular flexibility index (Phi) is 4.32. The van der Waals surface area contributed by atoms with Crippen LogP contribution in [0.15, 0.2) is 48.5 Å². The summed E-state index contributed by atoms with van der Waals surface area (Å²) in [6, 6.07) is 15.5. The monoisotopic (exact) mass is 332 g/mol. The molecule has 1 heterocycles. The third kappa shape index (κ3) is 2.80. The number of ether oxygens (including phenoxy) is 2. The maximum absolute atomic E-state index is 11.8. The van der Waals surface area contributed by atoms with Crippen molar-refractivity contribution in [2.24, 2.45) is 0 Å². The molecule has 1 aromatic heterocycles. The number of thiophene rings is 1. The molecule has 0 fully saturated rings. The fourth-order valence-electron chi connectivity index (χ4n) is 2.14. The molecule has 0 spiro atoms. The minimum atomic E-state index is -0.430. The molecular weight excluding hydrogens is 320 g/mol. The Balaban J connectivity index is 1.95. The average Bonchev–Trinajstić information content (AvgIpc) is 2.91. The molecule has 2 aromatic carbocycles. The fraction of sp³-hybridized carbons (Fsp3) is 0.118. The predicted octanol–water partition coefficient (Wildman–Crippen LogP) is 4.92. The van der Waals surface area contributed by atoms with Crippen LogP contribution in [0.5, 0.6) is 5.75 Å². The summed E-state index contributed by atoms with van der Waals surface area (Å²) in [6.07, 6.45) is 0. The molecule has 3 rings (SSSR count). The normalized spacial score (nSPS) is 10.6. The van der Waals surface area contributed by atoms with Crippen LogP contribution in [-0.2, 0) is 11.3 Å². The number of benzene rings is 2. The SMILES string of the molecule is COC(=O)c1sc2c(OCc3ccccc3)cccc2c1Cl. The Morgan fingerprint density at radius 2 is 1.91 bits per heavy atom. The molecular formula is C17H13ClO3S. The van der Waals surface area contributed by atoms with Crippen molar-refractivity contribution in [1.29, 1.82) is 0 Å². The van der Waals surface area contributed by atoms with Gasteiger partial charge in [0.25, 0.3) is 0 Å². The highest BCUT2D eigenvalue weighted by atomic mass is 35.5. The van der Waals surface area contributed by atoms with E-state index in [0.29, 0.717) is 22.3 Å². The highest BCUT2D eigenvalue weighted by Gasteiger charge is 2.19. The minimum Gasteiger partial charge on any atom is -0.487 e. The van der Waals surface area contributed by atoms with Crippen LogP contribution in [-0.4, -0.2) is 13.1 Å². The van der Waals surface area contributed by atoms with Crippen LogP contribution < -0.4 is 4.74 Å². The maximum atomic E-state index is 11.8. The van der Waals surface area contributed by atoms with Crippen LogP contribution in [0.25, 0.3) is 10.1 Å². The standard InChI is InChI=1S/C17H13ClO3S/c1-20-17(19)16-14(18)12-8-5-9-13(15(12)22-16)21-10-11-6-3-2-4-7-11/h2-9H,10H2,1H3. The van der Waals surface area contributed by atoms with Gasteiger partial charge in [-0.25, -0.2) is 4.79 Å². The first kappa shape index (κ1) is 14.9. The number of esters is 1. The topological polar surface area (TPSA) is 35.5 Å². The fourth-order valence-corrected chi connectivity index (χ4v) is 3.62. The molecule has 0 saturated carbocycles. The van der Waals surface area contributed by atoms with E-state index in [1.165, 1.54) is 18.4 Å². The molecule has 3 nitrogen and oxygen atoms in total. The van der Waals surface area contributed by atoms with Crippen molar-refractivity contribution in [3.63, 3.8) is 0 Å². The van der Waals surface area contributed by atoms with Gasteiger partial charge in [0.1, 0.15) is 17.2 Å². The molecule has 0 saturated heterocycles. The van der Waals surface area contributed by atoms with E-state index in [1.54, 1.807) is 0 Å². The van der Waals surface area contributed by atoms with Gasteiger partial charge in [-0.15, -0.1) is 11.3 Å². The summed E-state index contributed by atoms with van der Waals surface area (Å²) in [5.74, 6) is 0.281. The molecule has 0 amide bonds. The summed E-state index contributed by atoms with van der Waals surface area (Å²) in [6.45, 7) is 0.461. The third-order valence-electron chi connectivity index (χ3n) is 3.23. The van der Waals surface area contributed by atoms with Crippen LogP contribution in [0, 0.1) is 0 Å². The predicted molar refractivity (Wildman–Crippen MR) is 88.9 cm³/mol. The summed E-state index contributed by atoms with van der Waals surface area (Å²) in [5.41, 5.74) is 1.08. The average molecular weight is 333 g/mol. The van der Waals surface area contributed by atoms with Gasteiger partial charge < -0.3 is 9.47 Å². The number of carbonyl (C=O) groups excluding carboxylic acids is 1. The van der Waals surface area contributed by atoms with Crippen LogP contribution >= 0.6 is 22.9 Å². The van der Waals surface area contributed by atoms with Crippen LogP contribution in [0.3, 0.4) is 0 Å². The minimum absolute atomic E-state index is 0.398. The second-order valence-corrected chi connectivity index (χ2v) is 6.04. The lowest BCUT2D eigenvalue weighted by Gasteiger charge is -2.07. The van der Waals surface area contributed by atoms with Crippen LogP contribution in [0.1, 0.15) is 15.2 Å². The highest BCUT2D eigenvalue weighted by molar-refractivity contribution is 7.22. The van der Waals surface area contributed by atoms with Crippen molar-refractivity contribution >= 4 is 39.0 Å². The molecule has 0 atom stereocenters. The zero-order chi connectivity index (χ0) is 15.5. The molecule has 0 N–H and O–H groups in total. The lowest BCUT2D eigenvalue weighted by atomic mass is 10.2. The van der Waals surface area contributed by atoms with E-state index < -0.39 is 5.97 Å². The molecule has 0 aliphatic heterocycles. The number of carbonyl (C=O) groups is 1. The summed E-state index contributed by atoms with van der Waals surface area (Å²) >= 11 is 7.56. The number of fused-ring (bicyclic) bond motifs is 1. The third-order valence-corrected chi connectivity index (χ3v) is 4.93. The second kappa shape index (κ2) is 6.38. The van der Waals surface area contributed by atoms with Gasteiger partial charge in [0, 0.05) is 5.39 Å². The Labute approximate surface area is 137 Å². The lowest BCUT2D eigenvalue weighted by Crippen LogP contribution is -1.97.